The largest absolute Gasteiger partial charge is 0.383 e. The Kier molecular flexibility index (Phi) is 6.89. The number of ether oxygens (including phenoxy) is 1. The molecule has 0 bridgehead atoms. The van der Waals surface area contributed by atoms with Crippen LogP contribution in [0.5, 0.6) is 0 Å². The van der Waals surface area contributed by atoms with Gasteiger partial charge < -0.3 is 15.0 Å². The van der Waals surface area contributed by atoms with E-state index < -0.39 is 0 Å². The molecule has 0 spiro atoms. The quantitative estimate of drug-likeness (QED) is 0.648. The first-order valence-corrected chi connectivity index (χ1v) is 6.39. The zero-order valence-corrected chi connectivity index (χ0v) is 10.8. The van der Waals surface area contributed by atoms with Crippen LogP contribution in [0.15, 0.2) is 12.7 Å². The molecule has 1 saturated carbocycles. The van der Waals surface area contributed by atoms with E-state index in [0.29, 0.717) is 32.3 Å². The van der Waals surface area contributed by atoms with Crippen molar-refractivity contribution in [2.45, 2.75) is 31.7 Å². The maximum atomic E-state index is 12.0. The third-order valence-electron chi connectivity index (χ3n) is 3.16. The van der Waals surface area contributed by atoms with Gasteiger partial charge in [-0.15, -0.1) is 6.58 Å². The highest BCUT2D eigenvalue weighted by Gasteiger charge is 2.17. The Labute approximate surface area is 104 Å². The molecule has 1 aliphatic rings. The lowest BCUT2D eigenvalue weighted by Crippen LogP contribution is -2.42. The molecule has 1 rings (SSSR count). The van der Waals surface area contributed by atoms with E-state index in [1.165, 1.54) is 25.7 Å². The van der Waals surface area contributed by atoms with Gasteiger partial charge in [0.2, 0.25) is 5.91 Å². The first-order chi connectivity index (χ1) is 8.27. The van der Waals surface area contributed by atoms with E-state index in [0.717, 1.165) is 0 Å². The fourth-order valence-corrected chi connectivity index (χ4v) is 2.15. The molecule has 0 heterocycles. The minimum Gasteiger partial charge on any atom is -0.383 e. The minimum atomic E-state index is 0.133. The average Bonchev–Trinajstić information content (AvgIpc) is 2.84. The summed E-state index contributed by atoms with van der Waals surface area (Å²) in [5, 5.41) is 3.33. The van der Waals surface area contributed by atoms with E-state index in [4.69, 9.17) is 4.74 Å². The Balaban J connectivity index is 2.27. The van der Waals surface area contributed by atoms with Gasteiger partial charge in [-0.1, -0.05) is 18.9 Å². The van der Waals surface area contributed by atoms with Crippen LogP contribution >= 0.6 is 0 Å². The summed E-state index contributed by atoms with van der Waals surface area (Å²) in [5.74, 6) is 0.133. The van der Waals surface area contributed by atoms with Gasteiger partial charge in [-0.05, 0) is 12.8 Å². The number of nitrogens with zero attached hydrogens (tertiary/aromatic N) is 1. The Bertz CT molecular complexity index is 238. The molecule has 1 amide bonds. The molecule has 98 valence electrons. The van der Waals surface area contributed by atoms with Crippen molar-refractivity contribution >= 4 is 5.91 Å². The van der Waals surface area contributed by atoms with Crippen LogP contribution in [0.3, 0.4) is 0 Å². The number of carbonyl (C=O) groups excluding carboxylic acids is 1. The fourth-order valence-electron chi connectivity index (χ4n) is 2.15. The monoisotopic (exact) mass is 240 g/mol. The number of hydrogen-bond donors (Lipinski definition) is 1. The van der Waals surface area contributed by atoms with Crippen LogP contribution in [0.25, 0.3) is 0 Å². The molecule has 1 N–H and O–H groups in total. The van der Waals surface area contributed by atoms with Crippen LogP contribution < -0.4 is 5.32 Å². The van der Waals surface area contributed by atoms with Crippen molar-refractivity contribution < 1.29 is 9.53 Å². The molecule has 1 fully saturated rings. The highest BCUT2D eigenvalue weighted by molar-refractivity contribution is 5.78. The van der Waals surface area contributed by atoms with Crippen molar-refractivity contribution in [2.24, 2.45) is 0 Å². The molecule has 4 nitrogen and oxygen atoms in total. The molecule has 1 aliphatic carbocycles. The van der Waals surface area contributed by atoms with Crippen molar-refractivity contribution in [3.05, 3.63) is 12.7 Å². The first kappa shape index (κ1) is 14.2. The average molecular weight is 240 g/mol. The highest BCUT2D eigenvalue weighted by atomic mass is 16.5. The molecule has 0 saturated heterocycles. The van der Waals surface area contributed by atoms with E-state index in [9.17, 15) is 4.79 Å². The number of methoxy groups -OCH3 is 1. The smallest absolute Gasteiger partial charge is 0.236 e. The van der Waals surface area contributed by atoms with E-state index in [2.05, 4.69) is 11.9 Å². The molecule has 0 aromatic rings. The highest BCUT2D eigenvalue weighted by Crippen LogP contribution is 2.17. The summed E-state index contributed by atoms with van der Waals surface area (Å²) >= 11 is 0. The lowest BCUT2D eigenvalue weighted by atomic mass is 10.2. The van der Waals surface area contributed by atoms with E-state index in [-0.39, 0.29) is 5.91 Å². The van der Waals surface area contributed by atoms with Crippen molar-refractivity contribution in [1.82, 2.24) is 10.2 Å². The van der Waals surface area contributed by atoms with E-state index >= 15 is 0 Å². The van der Waals surface area contributed by atoms with Crippen LogP contribution in [0.1, 0.15) is 25.7 Å². The van der Waals surface area contributed by atoms with Gasteiger partial charge in [-0.3, -0.25) is 4.79 Å². The summed E-state index contributed by atoms with van der Waals surface area (Å²) in [5.41, 5.74) is 0. The number of nitrogens with one attached hydrogen (secondary N) is 1. The van der Waals surface area contributed by atoms with Crippen molar-refractivity contribution in [3.8, 4) is 0 Å². The predicted octanol–water partition coefficient (Wildman–Crippen LogP) is 1.18. The second kappa shape index (κ2) is 8.25. The molecule has 17 heavy (non-hydrogen) atoms. The Morgan fingerprint density at radius 1 is 1.53 bits per heavy atom. The van der Waals surface area contributed by atoms with E-state index in [1.807, 2.05) is 0 Å². The fraction of sp³-hybridized carbons (Fsp3) is 0.769. The lowest BCUT2D eigenvalue weighted by Gasteiger charge is -2.22. The summed E-state index contributed by atoms with van der Waals surface area (Å²) in [6.45, 7) is 5.90. The lowest BCUT2D eigenvalue weighted by molar-refractivity contribution is -0.130. The van der Waals surface area contributed by atoms with Gasteiger partial charge in [-0.25, -0.2) is 0 Å². The maximum Gasteiger partial charge on any atom is 0.236 e. The minimum absolute atomic E-state index is 0.133. The predicted molar refractivity (Wildman–Crippen MR) is 68.9 cm³/mol. The van der Waals surface area contributed by atoms with Gasteiger partial charge in [0.05, 0.1) is 13.2 Å². The van der Waals surface area contributed by atoms with E-state index in [1.54, 1.807) is 18.1 Å². The van der Waals surface area contributed by atoms with Gasteiger partial charge in [0.25, 0.3) is 0 Å². The molecule has 0 atom stereocenters. The SMILES string of the molecule is C=CCN(CCOC)C(=O)CNC1CCCC1. The van der Waals surface area contributed by atoms with Crippen LogP contribution in [0, 0.1) is 0 Å². The second-order valence-electron chi connectivity index (χ2n) is 4.48. The van der Waals surface area contributed by atoms with Crippen LogP contribution in [-0.2, 0) is 9.53 Å². The van der Waals surface area contributed by atoms with Gasteiger partial charge in [0.15, 0.2) is 0 Å². The number of carbonyl (C=O) groups is 1. The van der Waals surface area contributed by atoms with Gasteiger partial charge in [0.1, 0.15) is 0 Å². The number of rotatable bonds is 8. The van der Waals surface area contributed by atoms with Gasteiger partial charge in [0, 0.05) is 26.2 Å². The molecule has 0 unspecified atom stereocenters. The summed E-state index contributed by atoms with van der Waals surface area (Å²) in [4.78, 5) is 13.7. The standard InChI is InChI=1S/C13H24N2O2/c1-3-8-15(9-10-17-2)13(16)11-14-12-6-4-5-7-12/h3,12,14H,1,4-11H2,2H3. The number of hydrogen-bond acceptors (Lipinski definition) is 3. The zero-order chi connectivity index (χ0) is 12.5. The zero-order valence-electron chi connectivity index (χ0n) is 10.8. The Morgan fingerprint density at radius 3 is 2.82 bits per heavy atom. The molecule has 0 aliphatic heterocycles. The van der Waals surface area contributed by atoms with Gasteiger partial charge in [-0.2, -0.15) is 0 Å². The summed E-state index contributed by atoms with van der Waals surface area (Å²) in [6, 6.07) is 0.534. The normalized spacial score (nSPS) is 16.1. The molecule has 4 heteroatoms. The second-order valence-corrected chi connectivity index (χ2v) is 4.48. The van der Waals surface area contributed by atoms with Crippen LogP contribution in [0.2, 0.25) is 0 Å². The van der Waals surface area contributed by atoms with Crippen molar-refractivity contribution in [3.63, 3.8) is 0 Å². The molecular weight excluding hydrogens is 216 g/mol. The third kappa shape index (κ3) is 5.33. The summed E-state index contributed by atoms with van der Waals surface area (Å²) in [7, 11) is 1.65. The molecule has 0 aromatic carbocycles. The van der Waals surface area contributed by atoms with Gasteiger partial charge >= 0.3 is 0 Å². The van der Waals surface area contributed by atoms with Crippen molar-refractivity contribution in [1.29, 1.82) is 0 Å². The molecule has 0 radical (unpaired) electrons. The Hall–Kier alpha value is -0.870. The van der Waals surface area contributed by atoms with Crippen LogP contribution in [-0.4, -0.2) is 50.2 Å². The van der Waals surface area contributed by atoms with Crippen molar-refractivity contribution in [2.75, 3.05) is 33.4 Å². The topological polar surface area (TPSA) is 41.6 Å². The third-order valence-corrected chi connectivity index (χ3v) is 3.16. The van der Waals surface area contributed by atoms with Crippen LogP contribution in [0.4, 0.5) is 0 Å². The first-order valence-electron chi connectivity index (χ1n) is 6.39. The Morgan fingerprint density at radius 2 is 2.24 bits per heavy atom. The molecule has 0 aromatic heterocycles. The summed E-state index contributed by atoms with van der Waals surface area (Å²) < 4.78 is 5.00. The maximum absolute atomic E-state index is 12.0. The number of amides is 1. The summed E-state index contributed by atoms with van der Waals surface area (Å²) in [6.07, 6.45) is 6.72. The molecular formula is C13H24N2O2.